The second kappa shape index (κ2) is 8.93. The first-order valence-corrected chi connectivity index (χ1v) is 9.20. The summed E-state index contributed by atoms with van der Waals surface area (Å²) in [6, 6.07) is 7.79. The van der Waals surface area contributed by atoms with Crippen LogP contribution >= 0.6 is 11.8 Å². The van der Waals surface area contributed by atoms with Crippen molar-refractivity contribution in [2.45, 2.75) is 50.9 Å². The van der Waals surface area contributed by atoms with Gasteiger partial charge in [0.1, 0.15) is 5.75 Å². The highest BCUT2D eigenvalue weighted by atomic mass is 32.2. The number of hydrogen-bond acceptors (Lipinski definition) is 3. The number of phenols is 1. The lowest BCUT2D eigenvalue weighted by Crippen LogP contribution is -2.42. The number of phenolic OH excluding ortho intramolecular Hbond substituents is 1. The van der Waals surface area contributed by atoms with Crippen molar-refractivity contribution in [2.75, 3.05) is 12.3 Å². The molecule has 22 heavy (non-hydrogen) atoms. The van der Waals surface area contributed by atoms with Crippen molar-refractivity contribution in [3.63, 3.8) is 0 Å². The molecule has 2 atom stereocenters. The lowest BCUT2D eigenvalue weighted by molar-refractivity contribution is 0.474. The van der Waals surface area contributed by atoms with Gasteiger partial charge in [-0.3, -0.25) is 0 Å². The number of guanidine groups is 1. The molecule has 0 radical (unpaired) electrons. The van der Waals surface area contributed by atoms with E-state index in [-0.39, 0.29) is 0 Å². The maximum Gasteiger partial charge on any atom is 0.191 e. The number of aromatic hydroxyl groups is 1. The van der Waals surface area contributed by atoms with E-state index in [9.17, 15) is 5.11 Å². The van der Waals surface area contributed by atoms with E-state index in [0.29, 0.717) is 18.3 Å². The second-order valence-corrected chi connectivity index (χ2v) is 7.17. The van der Waals surface area contributed by atoms with E-state index >= 15 is 0 Å². The Morgan fingerprint density at radius 2 is 2.23 bits per heavy atom. The van der Waals surface area contributed by atoms with Gasteiger partial charge in [-0.05, 0) is 49.6 Å². The summed E-state index contributed by atoms with van der Waals surface area (Å²) in [6.45, 7) is 5.73. The highest BCUT2D eigenvalue weighted by Gasteiger charge is 2.24. The predicted molar refractivity (Wildman–Crippen MR) is 95.6 cm³/mol. The quantitative estimate of drug-likeness (QED) is 0.556. The molecule has 0 spiro atoms. The molecule has 4 nitrogen and oxygen atoms in total. The molecule has 0 saturated heterocycles. The van der Waals surface area contributed by atoms with Gasteiger partial charge in [-0.25, -0.2) is 4.99 Å². The Kier molecular flexibility index (Phi) is 6.90. The Labute approximate surface area is 137 Å². The van der Waals surface area contributed by atoms with Gasteiger partial charge in [-0.2, -0.15) is 11.8 Å². The second-order valence-electron chi connectivity index (χ2n) is 5.60. The first-order valence-electron chi connectivity index (χ1n) is 8.15. The molecule has 0 heterocycles. The summed E-state index contributed by atoms with van der Waals surface area (Å²) in [5.74, 6) is 2.36. The molecule has 3 N–H and O–H groups in total. The van der Waals surface area contributed by atoms with Crippen LogP contribution in [0.3, 0.4) is 0 Å². The van der Waals surface area contributed by atoms with Crippen LogP contribution in [-0.2, 0) is 6.54 Å². The zero-order chi connectivity index (χ0) is 15.8. The third-order valence-electron chi connectivity index (χ3n) is 3.80. The molecule has 0 aromatic heterocycles. The lowest BCUT2D eigenvalue weighted by Gasteiger charge is -2.17. The van der Waals surface area contributed by atoms with E-state index < -0.39 is 0 Å². The average Bonchev–Trinajstić information content (AvgIpc) is 2.93. The third-order valence-corrected chi connectivity index (χ3v) is 5.04. The number of thioether (sulfide) groups is 1. The van der Waals surface area contributed by atoms with Crippen LogP contribution in [0.15, 0.2) is 29.3 Å². The zero-order valence-electron chi connectivity index (χ0n) is 13.5. The number of nitrogens with one attached hydrogen (secondary N) is 2. The van der Waals surface area contributed by atoms with Crippen molar-refractivity contribution >= 4 is 17.7 Å². The van der Waals surface area contributed by atoms with Crippen LogP contribution in [0.4, 0.5) is 0 Å². The molecule has 1 saturated carbocycles. The number of rotatable bonds is 6. The SMILES string of the molecule is CCNC(=NCc1cccc(O)c1)NC1CCC(SCC)C1. The summed E-state index contributed by atoms with van der Waals surface area (Å²) in [7, 11) is 0. The molecule has 2 unspecified atom stereocenters. The molecule has 0 aliphatic heterocycles. The lowest BCUT2D eigenvalue weighted by atomic mass is 10.2. The zero-order valence-corrected chi connectivity index (χ0v) is 14.3. The fourth-order valence-electron chi connectivity index (χ4n) is 2.80. The Morgan fingerprint density at radius 1 is 1.36 bits per heavy atom. The number of aliphatic imine (C=N–C) groups is 1. The predicted octanol–water partition coefficient (Wildman–Crippen LogP) is 3.12. The summed E-state index contributed by atoms with van der Waals surface area (Å²) in [5.41, 5.74) is 1.02. The molecular formula is C17H27N3OS. The van der Waals surface area contributed by atoms with Crippen molar-refractivity contribution in [2.24, 2.45) is 4.99 Å². The monoisotopic (exact) mass is 321 g/mol. The summed E-state index contributed by atoms with van der Waals surface area (Å²) < 4.78 is 0. The van der Waals surface area contributed by atoms with E-state index in [1.54, 1.807) is 12.1 Å². The highest BCUT2D eigenvalue weighted by Crippen LogP contribution is 2.29. The van der Waals surface area contributed by atoms with E-state index in [4.69, 9.17) is 0 Å². The molecule has 5 heteroatoms. The van der Waals surface area contributed by atoms with Gasteiger partial charge in [0.2, 0.25) is 0 Å². The van der Waals surface area contributed by atoms with Gasteiger partial charge in [0.15, 0.2) is 5.96 Å². The molecule has 122 valence electrons. The van der Waals surface area contributed by atoms with Crippen molar-refractivity contribution in [3.05, 3.63) is 29.8 Å². The minimum atomic E-state index is 0.292. The molecular weight excluding hydrogens is 294 g/mol. The number of hydrogen-bond donors (Lipinski definition) is 3. The van der Waals surface area contributed by atoms with Gasteiger partial charge in [0.25, 0.3) is 0 Å². The minimum absolute atomic E-state index is 0.292. The van der Waals surface area contributed by atoms with Crippen LogP contribution in [-0.4, -0.2) is 34.7 Å². The molecule has 2 rings (SSSR count). The fraction of sp³-hybridized carbons (Fsp3) is 0.588. The van der Waals surface area contributed by atoms with Crippen molar-refractivity contribution < 1.29 is 5.11 Å². The van der Waals surface area contributed by atoms with Crippen LogP contribution < -0.4 is 10.6 Å². The fourth-order valence-corrected chi connectivity index (χ4v) is 3.94. The van der Waals surface area contributed by atoms with Gasteiger partial charge in [0, 0.05) is 17.8 Å². The van der Waals surface area contributed by atoms with E-state index in [0.717, 1.165) is 23.3 Å². The van der Waals surface area contributed by atoms with Gasteiger partial charge in [-0.15, -0.1) is 0 Å². The summed E-state index contributed by atoms with van der Waals surface area (Å²) in [4.78, 5) is 4.64. The molecule has 1 aromatic rings. The minimum Gasteiger partial charge on any atom is -0.508 e. The Morgan fingerprint density at radius 3 is 2.95 bits per heavy atom. The highest BCUT2D eigenvalue weighted by molar-refractivity contribution is 7.99. The summed E-state index contributed by atoms with van der Waals surface area (Å²) in [5, 5.41) is 17.2. The van der Waals surface area contributed by atoms with Crippen molar-refractivity contribution in [1.82, 2.24) is 10.6 Å². The average molecular weight is 321 g/mol. The van der Waals surface area contributed by atoms with Crippen molar-refractivity contribution in [3.8, 4) is 5.75 Å². The largest absolute Gasteiger partial charge is 0.508 e. The standard InChI is InChI=1S/C17H27N3OS/c1-3-18-17(19-12-13-6-5-7-15(21)10-13)20-14-8-9-16(11-14)22-4-2/h5-7,10,14,16,21H,3-4,8-9,11-12H2,1-2H3,(H2,18,19,20). The van der Waals surface area contributed by atoms with E-state index in [2.05, 4.69) is 41.2 Å². The van der Waals surface area contributed by atoms with E-state index in [1.807, 2.05) is 12.1 Å². The van der Waals surface area contributed by atoms with Crippen LogP contribution in [0, 0.1) is 0 Å². The molecule has 0 bridgehead atoms. The van der Waals surface area contributed by atoms with Crippen LogP contribution in [0.1, 0.15) is 38.7 Å². The van der Waals surface area contributed by atoms with Crippen LogP contribution in [0.25, 0.3) is 0 Å². The molecule has 1 aromatic carbocycles. The van der Waals surface area contributed by atoms with E-state index in [1.165, 1.54) is 25.0 Å². The summed E-state index contributed by atoms with van der Waals surface area (Å²) >= 11 is 2.07. The Hall–Kier alpha value is -1.36. The van der Waals surface area contributed by atoms with Gasteiger partial charge >= 0.3 is 0 Å². The number of benzene rings is 1. The molecule has 1 aliphatic rings. The van der Waals surface area contributed by atoms with Gasteiger partial charge in [-0.1, -0.05) is 19.1 Å². The Balaban J connectivity index is 1.90. The maximum absolute atomic E-state index is 9.51. The summed E-state index contributed by atoms with van der Waals surface area (Å²) in [6.07, 6.45) is 3.73. The van der Waals surface area contributed by atoms with Crippen LogP contribution in [0.2, 0.25) is 0 Å². The van der Waals surface area contributed by atoms with Gasteiger partial charge in [0.05, 0.1) is 6.54 Å². The molecule has 0 amide bonds. The Bertz CT molecular complexity index is 493. The van der Waals surface area contributed by atoms with Gasteiger partial charge < -0.3 is 15.7 Å². The molecule has 1 aliphatic carbocycles. The van der Waals surface area contributed by atoms with Crippen LogP contribution in [0.5, 0.6) is 5.75 Å². The topological polar surface area (TPSA) is 56.7 Å². The smallest absolute Gasteiger partial charge is 0.191 e. The third kappa shape index (κ3) is 5.44. The first kappa shape index (κ1) is 17.0. The number of nitrogens with zero attached hydrogens (tertiary/aromatic N) is 1. The normalized spacial score (nSPS) is 21.8. The first-order chi connectivity index (χ1) is 10.7. The molecule has 1 fully saturated rings. The van der Waals surface area contributed by atoms with Crippen molar-refractivity contribution in [1.29, 1.82) is 0 Å². The maximum atomic E-state index is 9.51.